The summed E-state index contributed by atoms with van der Waals surface area (Å²) in [6.07, 6.45) is 2.19. The Kier molecular flexibility index (Phi) is 2.74. The minimum atomic E-state index is 0.0924. The molecule has 1 aliphatic heterocycles. The van der Waals surface area contributed by atoms with Gasteiger partial charge in [-0.25, -0.2) is 4.98 Å². The Labute approximate surface area is 95.0 Å². The average molecular weight is 276 g/mol. The standard InChI is InChI=1S/C9H8BrClN2O/c10-7-4-12-8(11)2-6(7)5-1-9(14)13-3-5/h2,4-5H,1,3H2,(H,13,14). The van der Waals surface area contributed by atoms with Crippen LogP contribution in [0.25, 0.3) is 0 Å². The number of hydrogen-bond acceptors (Lipinski definition) is 2. The molecule has 2 rings (SSSR count). The third kappa shape index (κ3) is 1.91. The highest BCUT2D eigenvalue weighted by Gasteiger charge is 2.24. The lowest BCUT2D eigenvalue weighted by Gasteiger charge is -2.09. The van der Waals surface area contributed by atoms with Gasteiger partial charge in [-0.2, -0.15) is 0 Å². The number of carbonyl (C=O) groups is 1. The van der Waals surface area contributed by atoms with Gasteiger partial charge in [0.25, 0.3) is 0 Å². The first-order valence-corrected chi connectivity index (χ1v) is 5.41. The third-order valence-corrected chi connectivity index (χ3v) is 3.14. The normalized spacial score (nSPS) is 21.0. The largest absolute Gasteiger partial charge is 0.355 e. The number of pyridine rings is 1. The molecular weight excluding hydrogens is 267 g/mol. The molecule has 0 aromatic carbocycles. The number of nitrogens with one attached hydrogen (secondary N) is 1. The van der Waals surface area contributed by atoms with Gasteiger partial charge in [-0.1, -0.05) is 11.6 Å². The number of aromatic nitrogens is 1. The van der Waals surface area contributed by atoms with Crippen LogP contribution in [0.15, 0.2) is 16.7 Å². The van der Waals surface area contributed by atoms with E-state index in [9.17, 15) is 4.79 Å². The Hall–Kier alpha value is -0.610. The molecule has 0 bridgehead atoms. The summed E-state index contributed by atoms with van der Waals surface area (Å²) in [5.74, 6) is 0.298. The van der Waals surface area contributed by atoms with Crippen LogP contribution in [0.5, 0.6) is 0 Å². The molecule has 0 saturated carbocycles. The van der Waals surface area contributed by atoms with Gasteiger partial charge in [-0.15, -0.1) is 0 Å². The van der Waals surface area contributed by atoms with E-state index in [1.54, 1.807) is 12.3 Å². The molecule has 0 aliphatic carbocycles. The first-order chi connectivity index (χ1) is 6.66. The molecule has 74 valence electrons. The van der Waals surface area contributed by atoms with Crippen molar-refractivity contribution in [3.8, 4) is 0 Å². The Morgan fingerprint density at radius 1 is 1.64 bits per heavy atom. The lowest BCUT2D eigenvalue weighted by atomic mass is 10.00. The summed E-state index contributed by atoms with van der Waals surface area (Å²) in [6.45, 7) is 0.678. The van der Waals surface area contributed by atoms with Crippen molar-refractivity contribution < 1.29 is 4.79 Å². The second kappa shape index (κ2) is 3.87. The highest BCUT2D eigenvalue weighted by atomic mass is 79.9. The van der Waals surface area contributed by atoms with Gasteiger partial charge in [0.2, 0.25) is 5.91 Å². The van der Waals surface area contributed by atoms with Crippen molar-refractivity contribution >= 4 is 33.4 Å². The van der Waals surface area contributed by atoms with Crippen molar-refractivity contribution in [2.45, 2.75) is 12.3 Å². The second-order valence-corrected chi connectivity index (χ2v) is 4.48. The molecular formula is C9H8BrClN2O. The molecule has 1 aromatic heterocycles. The summed E-state index contributed by atoms with van der Waals surface area (Å²) >= 11 is 9.19. The lowest BCUT2D eigenvalue weighted by Crippen LogP contribution is -2.13. The molecule has 0 radical (unpaired) electrons. The van der Waals surface area contributed by atoms with Gasteiger partial charge in [-0.05, 0) is 27.6 Å². The van der Waals surface area contributed by atoms with Gasteiger partial charge in [0.15, 0.2) is 0 Å². The monoisotopic (exact) mass is 274 g/mol. The Bertz CT molecular complexity index is 383. The van der Waals surface area contributed by atoms with Crippen LogP contribution in [0.2, 0.25) is 5.15 Å². The molecule has 2 heterocycles. The molecule has 1 atom stereocenters. The number of rotatable bonds is 1. The van der Waals surface area contributed by atoms with E-state index in [1.807, 2.05) is 0 Å². The van der Waals surface area contributed by atoms with Crippen molar-refractivity contribution in [2.75, 3.05) is 6.54 Å². The predicted octanol–water partition coefficient (Wildman–Crippen LogP) is 2.10. The van der Waals surface area contributed by atoms with E-state index >= 15 is 0 Å². The van der Waals surface area contributed by atoms with Gasteiger partial charge >= 0.3 is 0 Å². The van der Waals surface area contributed by atoms with Gasteiger partial charge in [0.05, 0.1) is 0 Å². The lowest BCUT2D eigenvalue weighted by molar-refractivity contribution is -0.119. The van der Waals surface area contributed by atoms with Crippen LogP contribution >= 0.6 is 27.5 Å². The van der Waals surface area contributed by atoms with Crippen LogP contribution in [0, 0.1) is 0 Å². The highest BCUT2D eigenvalue weighted by molar-refractivity contribution is 9.10. The summed E-state index contributed by atoms with van der Waals surface area (Å²) in [5, 5.41) is 3.25. The molecule has 1 N–H and O–H groups in total. The third-order valence-electron chi connectivity index (χ3n) is 2.27. The molecule has 1 fully saturated rings. The Balaban J connectivity index is 2.31. The molecule has 0 spiro atoms. The summed E-state index contributed by atoms with van der Waals surface area (Å²) in [6, 6.07) is 1.80. The van der Waals surface area contributed by atoms with Gasteiger partial charge in [0.1, 0.15) is 5.15 Å². The zero-order chi connectivity index (χ0) is 10.1. The maximum atomic E-state index is 11.0. The van der Waals surface area contributed by atoms with Crippen LogP contribution in [0.3, 0.4) is 0 Å². The van der Waals surface area contributed by atoms with E-state index in [4.69, 9.17) is 11.6 Å². The smallest absolute Gasteiger partial charge is 0.220 e. The van der Waals surface area contributed by atoms with Crippen molar-refractivity contribution in [2.24, 2.45) is 0 Å². The number of nitrogens with zero attached hydrogens (tertiary/aromatic N) is 1. The van der Waals surface area contributed by atoms with Crippen LogP contribution in [0.4, 0.5) is 0 Å². The molecule has 1 saturated heterocycles. The SMILES string of the molecule is O=C1CC(c2cc(Cl)ncc2Br)CN1. The second-order valence-electron chi connectivity index (χ2n) is 3.23. The summed E-state index contributed by atoms with van der Waals surface area (Å²) in [4.78, 5) is 15.0. The zero-order valence-electron chi connectivity index (χ0n) is 7.26. The maximum Gasteiger partial charge on any atom is 0.220 e. The number of hydrogen-bond donors (Lipinski definition) is 1. The van der Waals surface area contributed by atoms with Crippen LogP contribution < -0.4 is 5.32 Å². The van der Waals surface area contributed by atoms with Crippen LogP contribution in [-0.4, -0.2) is 17.4 Å². The molecule has 1 unspecified atom stereocenters. The van der Waals surface area contributed by atoms with E-state index in [-0.39, 0.29) is 11.8 Å². The molecule has 5 heteroatoms. The summed E-state index contributed by atoms with van der Waals surface area (Å²) < 4.78 is 0.906. The van der Waals surface area contributed by atoms with E-state index in [2.05, 4.69) is 26.2 Å². The Morgan fingerprint density at radius 3 is 3.07 bits per heavy atom. The van der Waals surface area contributed by atoms with E-state index in [0.717, 1.165) is 10.0 Å². The van der Waals surface area contributed by atoms with E-state index in [1.165, 1.54) is 0 Å². The molecule has 1 aliphatic rings. The molecule has 1 amide bonds. The van der Waals surface area contributed by atoms with Crippen molar-refractivity contribution in [3.05, 3.63) is 27.5 Å². The number of carbonyl (C=O) groups excluding carboxylic acids is 1. The quantitative estimate of drug-likeness (QED) is 0.798. The fourth-order valence-electron chi connectivity index (χ4n) is 1.57. The van der Waals surface area contributed by atoms with Gasteiger partial charge < -0.3 is 5.32 Å². The first-order valence-electron chi connectivity index (χ1n) is 4.24. The van der Waals surface area contributed by atoms with Gasteiger partial charge in [0, 0.05) is 29.6 Å². The fraction of sp³-hybridized carbons (Fsp3) is 0.333. The average Bonchev–Trinajstić information content (AvgIpc) is 2.56. The van der Waals surface area contributed by atoms with Crippen LogP contribution in [-0.2, 0) is 4.79 Å². The van der Waals surface area contributed by atoms with Crippen LogP contribution in [0.1, 0.15) is 17.9 Å². The van der Waals surface area contributed by atoms with Gasteiger partial charge in [-0.3, -0.25) is 4.79 Å². The minimum absolute atomic E-state index is 0.0924. The summed E-state index contributed by atoms with van der Waals surface area (Å²) in [7, 11) is 0. The van der Waals surface area contributed by atoms with Crippen molar-refractivity contribution in [1.82, 2.24) is 10.3 Å². The maximum absolute atomic E-state index is 11.0. The first kappa shape index (κ1) is 9.93. The molecule has 1 aromatic rings. The number of halogens is 2. The minimum Gasteiger partial charge on any atom is -0.355 e. The predicted molar refractivity (Wildman–Crippen MR) is 57.3 cm³/mol. The zero-order valence-corrected chi connectivity index (χ0v) is 9.60. The van der Waals surface area contributed by atoms with E-state index in [0.29, 0.717) is 18.1 Å². The van der Waals surface area contributed by atoms with E-state index < -0.39 is 0 Å². The molecule has 3 nitrogen and oxygen atoms in total. The summed E-state index contributed by atoms with van der Waals surface area (Å²) in [5.41, 5.74) is 1.04. The molecule has 14 heavy (non-hydrogen) atoms. The topological polar surface area (TPSA) is 42.0 Å². The Morgan fingerprint density at radius 2 is 2.43 bits per heavy atom. The number of amides is 1. The fourth-order valence-corrected chi connectivity index (χ4v) is 2.27. The van der Waals surface area contributed by atoms with Crippen molar-refractivity contribution in [3.63, 3.8) is 0 Å². The van der Waals surface area contributed by atoms with Crippen molar-refractivity contribution in [1.29, 1.82) is 0 Å². The highest BCUT2D eigenvalue weighted by Crippen LogP contribution is 2.30.